The van der Waals surface area contributed by atoms with E-state index in [0.29, 0.717) is 27.1 Å². The summed E-state index contributed by atoms with van der Waals surface area (Å²) in [4.78, 5) is 31.8. The Kier molecular flexibility index (Phi) is 14.8. The molecule has 0 fully saturated rings. The van der Waals surface area contributed by atoms with Crippen LogP contribution in [0.3, 0.4) is 0 Å². The van der Waals surface area contributed by atoms with E-state index in [4.69, 9.17) is 37.4 Å². The van der Waals surface area contributed by atoms with Crippen LogP contribution in [0.5, 0.6) is 11.5 Å². The Balaban J connectivity index is 0.000000192. The Morgan fingerprint density at radius 2 is 1.05 bits per heavy atom. The van der Waals surface area contributed by atoms with Crippen LogP contribution in [0.25, 0.3) is 22.3 Å². The molecule has 6 aromatic rings. The highest BCUT2D eigenvalue weighted by atomic mass is 35.5. The van der Waals surface area contributed by atoms with Gasteiger partial charge in [-0.15, -0.1) is 0 Å². The third-order valence-corrected chi connectivity index (χ3v) is 11.2. The monoisotopic (exact) mass is 910 g/mol. The average Bonchev–Trinajstić information content (AvgIpc) is 3.98. The van der Waals surface area contributed by atoms with Crippen molar-refractivity contribution in [1.82, 2.24) is 9.97 Å². The number of pyridine rings is 2. The number of nitrogens with zero attached hydrogens (tertiary/aromatic N) is 2. The molecule has 0 spiro atoms. The zero-order valence-corrected chi connectivity index (χ0v) is 35.9. The van der Waals surface area contributed by atoms with Crippen molar-refractivity contribution in [2.75, 3.05) is 6.61 Å². The number of rotatable bonds is 13. The van der Waals surface area contributed by atoms with Gasteiger partial charge in [-0.1, -0.05) is 23.2 Å². The second-order valence-corrected chi connectivity index (χ2v) is 15.8. The number of carboxylic acids is 1. The molecular weight excluding hydrogens is 871 g/mol. The number of hydrogen-bond acceptors (Lipinski definition) is 7. The maximum atomic E-state index is 14.1. The van der Waals surface area contributed by atoms with E-state index in [1.165, 1.54) is 36.7 Å². The number of hydrogen-bond donors (Lipinski definition) is 1. The Hall–Kier alpha value is -6.50. The van der Waals surface area contributed by atoms with E-state index >= 15 is 0 Å². The van der Waals surface area contributed by atoms with Crippen molar-refractivity contribution in [3.8, 4) is 11.5 Å². The van der Waals surface area contributed by atoms with Crippen LogP contribution in [0.2, 0.25) is 10.0 Å². The van der Waals surface area contributed by atoms with E-state index in [1.807, 2.05) is 6.07 Å². The van der Waals surface area contributed by atoms with Crippen LogP contribution in [-0.2, 0) is 18.0 Å². The first-order chi connectivity index (χ1) is 30.9. The molecule has 0 bridgehead atoms. The molecule has 1 N–H and O–H groups in total. The van der Waals surface area contributed by atoms with Crippen molar-refractivity contribution < 1.29 is 46.5 Å². The highest BCUT2D eigenvalue weighted by Gasteiger charge is 2.24. The Morgan fingerprint density at radius 3 is 1.50 bits per heavy atom. The van der Waals surface area contributed by atoms with Gasteiger partial charge in [-0.05, 0) is 152 Å². The van der Waals surface area contributed by atoms with Crippen molar-refractivity contribution in [1.29, 1.82) is 0 Å². The summed E-state index contributed by atoms with van der Waals surface area (Å²) in [5, 5.41) is 10.3. The van der Waals surface area contributed by atoms with Crippen molar-refractivity contribution in [3.63, 3.8) is 0 Å². The lowest BCUT2D eigenvalue weighted by Crippen LogP contribution is -2.05. The van der Waals surface area contributed by atoms with E-state index in [-0.39, 0.29) is 36.5 Å². The number of carbonyl (C=O) groups is 2. The lowest BCUT2D eigenvalue weighted by atomic mass is 9.96. The summed E-state index contributed by atoms with van der Waals surface area (Å²) in [7, 11) is 0. The van der Waals surface area contributed by atoms with Crippen LogP contribution in [0, 0.1) is 23.3 Å². The molecule has 2 aliphatic carbocycles. The number of allylic oxidation sites excluding steroid dienone is 4. The number of aromatic nitrogens is 2. The molecule has 2 aromatic heterocycles. The van der Waals surface area contributed by atoms with Crippen molar-refractivity contribution in [3.05, 3.63) is 188 Å². The molecule has 64 heavy (non-hydrogen) atoms. The lowest BCUT2D eigenvalue weighted by molar-refractivity contribution is 0.0525. The van der Waals surface area contributed by atoms with Gasteiger partial charge >= 0.3 is 11.9 Å². The predicted octanol–water partition coefficient (Wildman–Crippen LogP) is 13.2. The minimum Gasteiger partial charge on any atom is -0.488 e. The fourth-order valence-corrected chi connectivity index (χ4v) is 8.03. The van der Waals surface area contributed by atoms with E-state index < -0.39 is 35.2 Å². The zero-order chi connectivity index (χ0) is 45.3. The minimum absolute atomic E-state index is 0.0523. The fraction of sp³-hybridized carbons (Fsp3) is 0.200. The number of carboxylic acid groups (broad SMARTS) is 1. The van der Waals surface area contributed by atoms with Crippen molar-refractivity contribution in [2.24, 2.45) is 0 Å². The van der Waals surface area contributed by atoms with Gasteiger partial charge in [0.05, 0.1) is 17.7 Å². The van der Waals surface area contributed by atoms with Crippen LogP contribution < -0.4 is 9.47 Å². The molecule has 0 saturated heterocycles. The van der Waals surface area contributed by atoms with E-state index in [2.05, 4.69) is 9.97 Å². The second kappa shape index (κ2) is 20.8. The molecule has 4 aromatic carbocycles. The summed E-state index contributed by atoms with van der Waals surface area (Å²) in [6.07, 6.45) is 11.1. The quantitative estimate of drug-likeness (QED) is 0.0902. The van der Waals surface area contributed by atoms with Gasteiger partial charge < -0.3 is 19.3 Å². The smallest absolute Gasteiger partial charge is 0.339 e. The summed E-state index contributed by atoms with van der Waals surface area (Å²) < 4.78 is 71.4. The number of benzene rings is 4. The standard InChI is InChI=1S/C26H22ClF2NO3.C24H18ClF2NO3/c1-2-32-26(31)18-10-17(13-30-14-18)21-4-3-5-22(21)23-11-19(27)7-9-25(23)33-15-16-6-8-20(28)12-24(16)29;25-17-5-7-23(31-13-14-4-6-18(26)10-22(14)27)21(9-17)20-3-1-2-19(20)15-8-16(24(29)30)12-28-11-15/h6-14H,2-5,15H2,1H3;4-12H,1-3,13H2,(H,29,30). The first-order valence-electron chi connectivity index (χ1n) is 20.4. The van der Waals surface area contributed by atoms with E-state index in [1.54, 1.807) is 61.8 Å². The largest absolute Gasteiger partial charge is 0.488 e. The van der Waals surface area contributed by atoms with Crippen LogP contribution in [0.4, 0.5) is 17.6 Å². The number of halogens is 6. The summed E-state index contributed by atoms with van der Waals surface area (Å²) in [5.74, 6) is -3.00. The highest BCUT2D eigenvalue weighted by molar-refractivity contribution is 6.31. The lowest BCUT2D eigenvalue weighted by Gasteiger charge is -2.15. The van der Waals surface area contributed by atoms with Gasteiger partial charge in [0.1, 0.15) is 48.0 Å². The molecule has 0 aliphatic heterocycles. The predicted molar refractivity (Wildman–Crippen MR) is 237 cm³/mol. The number of esters is 1. The van der Waals surface area contributed by atoms with Crippen LogP contribution in [0.1, 0.15) is 99.5 Å². The molecule has 328 valence electrons. The fourth-order valence-electron chi connectivity index (χ4n) is 7.69. The molecule has 2 heterocycles. The van der Waals surface area contributed by atoms with Gasteiger partial charge in [0, 0.05) is 69.2 Å². The topological polar surface area (TPSA) is 108 Å². The van der Waals surface area contributed by atoms with Crippen molar-refractivity contribution >= 4 is 57.4 Å². The SMILES string of the molecule is CCOC(=O)c1cncc(C2=C(c3cc(Cl)ccc3OCc3ccc(F)cc3F)CCC2)c1.O=C(O)c1cncc(C2=C(c3cc(Cl)ccc3OCc3ccc(F)cc3F)CCC2)c1. The first kappa shape index (κ1) is 45.5. The molecule has 0 radical (unpaired) electrons. The van der Waals surface area contributed by atoms with Gasteiger partial charge in [-0.3, -0.25) is 9.97 Å². The summed E-state index contributed by atoms with van der Waals surface area (Å²) in [6.45, 7) is 1.92. The first-order valence-corrected chi connectivity index (χ1v) is 21.1. The van der Waals surface area contributed by atoms with Gasteiger partial charge in [0.25, 0.3) is 0 Å². The highest BCUT2D eigenvalue weighted by Crippen LogP contribution is 2.45. The summed E-state index contributed by atoms with van der Waals surface area (Å²) >= 11 is 12.5. The molecule has 2 aliphatic rings. The van der Waals surface area contributed by atoms with Crippen LogP contribution in [0.15, 0.2) is 110 Å². The molecule has 8 nitrogen and oxygen atoms in total. The Bertz CT molecular complexity index is 2800. The van der Waals surface area contributed by atoms with Crippen LogP contribution in [-0.4, -0.2) is 33.6 Å². The Morgan fingerprint density at radius 1 is 0.594 bits per heavy atom. The van der Waals surface area contributed by atoms with Crippen molar-refractivity contribution in [2.45, 2.75) is 58.7 Å². The molecule has 0 unspecified atom stereocenters. The molecule has 0 amide bonds. The average molecular weight is 912 g/mol. The Labute approximate surface area is 376 Å². The maximum absolute atomic E-state index is 14.1. The number of carbonyl (C=O) groups excluding carboxylic acids is 1. The third-order valence-electron chi connectivity index (χ3n) is 10.7. The van der Waals surface area contributed by atoms with Crippen LogP contribution >= 0.6 is 23.2 Å². The molecular formula is C50H40Cl2F4N2O6. The minimum atomic E-state index is -1.04. The molecule has 0 atom stereocenters. The zero-order valence-electron chi connectivity index (χ0n) is 34.4. The van der Waals surface area contributed by atoms with Gasteiger partial charge in [-0.2, -0.15) is 0 Å². The molecule has 0 saturated carbocycles. The van der Waals surface area contributed by atoms with Gasteiger partial charge in [0.15, 0.2) is 0 Å². The normalized spacial score (nSPS) is 13.4. The summed E-state index contributed by atoms with van der Waals surface area (Å²) in [5.41, 5.74) is 8.20. The summed E-state index contributed by atoms with van der Waals surface area (Å²) in [6, 6.07) is 20.6. The number of aromatic carboxylic acids is 1. The third kappa shape index (κ3) is 11.0. The molecule has 14 heteroatoms. The van der Waals surface area contributed by atoms with E-state index in [0.717, 1.165) is 95.2 Å². The van der Waals surface area contributed by atoms with Gasteiger partial charge in [0.2, 0.25) is 0 Å². The maximum Gasteiger partial charge on any atom is 0.339 e. The van der Waals surface area contributed by atoms with Gasteiger partial charge in [-0.25, -0.2) is 27.2 Å². The molecule has 8 rings (SSSR count). The number of ether oxygens (including phenoxy) is 3. The van der Waals surface area contributed by atoms with E-state index in [9.17, 15) is 32.3 Å². The second-order valence-electron chi connectivity index (χ2n) is 14.9.